The molecule has 1 aromatic carbocycles. The van der Waals surface area contributed by atoms with E-state index in [0.717, 1.165) is 21.8 Å². The molecule has 0 radical (unpaired) electrons. The first-order valence-electron chi connectivity index (χ1n) is 5.87. The summed E-state index contributed by atoms with van der Waals surface area (Å²) >= 11 is 1.63. The number of methoxy groups -OCH3 is 1. The molecule has 0 atom stereocenters. The van der Waals surface area contributed by atoms with E-state index in [9.17, 15) is 0 Å². The minimum Gasteiger partial charge on any atom is -0.372 e. The highest BCUT2D eigenvalue weighted by atomic mass is 32.1. The molecule has 3 nitrogen and oxygen atoms in total. The fourth-order valence-corrected chi connectivity index (χ4v) is 2.51. The molecule has 96 valence electrons. The van der Waals surface area contributed by atoms with Gasteiger partial charge in [0.15, 0.2) is 0 Å². The van der Waals surface area contributed by atoms with Crippen LogP contribution in [0.1, 0.15) is 24.4 Å². The first-order chi connectivity index (χ1) is 8.56. The summed E-state index contributed by atoms with van der Waals surface area (Å²) in [4.78, 5) is 4.64. The number of nitrogens with two attached hydrogens (primary N) is 1. The second-order valence-electron chi connectivity index (χ2n) is 4.65. The SMILES string of the molecule is COC(C)(C)c1nc(-c2ccc(CN)cc2)cs1. The molecule has 2 rings (SSSR count). The van der Waals surface area contributed by atoms with Crippen LogP contribution >= 0.6 is 11.3 Å². The average Bonchev–Trinajstić information content (AvgIpc) is 2.89. The molecule has 2 aromatic rings. The maximum Gasteiger partial charge on any atom is 0.125 e. The number of benzene rings is 1. The van der Waals surface area contributed by atoms with Crippen LogP contribution in [0.15, 0.2) is 29.6 Å². The minimum absolute atomic E-state index is 0.333. The maximum absolute atomic E-state index is 5.59. The van der Waals surface area contributed by atoms with Crippen LogP contribution in [0, 0.1) is 0 Å². The van der Waals surface area contributed by atoms with Crippen LogP contribution in [0.3, 0.4) is 0 Å². The number of thiazole rings is 1. The zero-order valence-electron chi connectivity index (χ0n) is 10.9. The number of ether oxygens (including phenoxy) is 1. The van der Waals surface area contributed by atoms with Gasteiger partial charge in [-0.05, 0) is 19.4 Å². The molecule has 0 saturated heterocycles. The Kier molecular flexibility index (Phi) is 3.80. The van der Waals surface area contributed by atoms with Gasteiger partial charge in [-0.1, -0.05) is 24.3 Å². The first kappa shape index (κ1) is 13.2. The molecule has 1 aromatic heterocycles. The topological polar surface area (TPSA) is 48.1 Å². The number of nitrogens with zero attached hydrogens (tertiary/aromatic N) is 1. The summed E-state index contributed by atoms with van der Waals surface area (Å²) < 4.78 is 5.44. The predicted octanol–water partition coefficient (Wildman–Crippen LogP) is 3.15. The Labute approximate surface area is 112 Å². The van der Waals surface area contributed by atoms with Crippen LogP contribution in [0.4, 0.5) is 0 Å². The number of rotatable bonds is 4. The molecule has 2 N–H and O–H groups in total. The van der Waals surface area contributed by atoms with E-state index in [1.54, 1.807) is 18.4 Å². The number of aromatic nitrogens is 1. The van der Waals surface area contributed by atoms with E-state index in [1.165, 1.54) is 0 Å². The Balaban J connectivity index is 2.29. The summed E-state index contributed by atoms with van der Waals surface area (Å²) in [6, 6.07) is 8.19. The van der Waals surface area contributed by atoms with Gasteiger partial charge < -0.3 is 10.5 Å². The predicted molar refractivity (Wildman–Crippen MR) is 75.5 cm³/mol. The molecule has 18 heavy (non-hydrogen) atoms. The Morgan fingerprint density at radius 2 is 1.94 bits per heavy atom. The third-order valence-electron chi connectivity index (χ3n) is 3.01. The third-order valence-corrected chi connectivity index (χ3v) is 4.16. The quantitative estimate of drug-likeness (QED) is 0.920. The van der Waals surface area contributed by atoms with Crippen molar-refractivity contribution in [1.82, 2.24) is 4.98 Å². The van der Waals surface area contributed by atoms with Crippen molar-refractivity contribution < 1.29 is 4.74 Å². The molecule has 0 aliphatic carbocycles. The highest BCUT2D eigenvalue weighted by Gasteiger charge is 2.23. The van der Waals surface area contributed by atoms with Gasteiger partial charge in [-0.25, -0.2) is 4.98 Å². The lowest BCUT2D eigenvalue weighted by atomic mass is 10.1. The number of hydrogen-bond acceptors (Lipinski definition) is 4. The van der Waals surface area contributed by atoms with Crippen molar-refractivity contribution in [2.24, 2.45) is 5.73 Å². The second-order valence-corrected chi connectivity index (χ2v) is 5.51. The Morgan fingerprint density at radius 1 is 1.28 bits per heavy atom. The van der Waals surface area contributed by atoms with E-state index < -0.39 is 0 Å². The fraction of sp³-hybridized carbons (Fsp3) is 0.357. The van der Waals surface area contributed by atoms with Gasteiger partial charge in [-0.3, -0.25) is 0 Å². The Bertz CT molecular complexity index is 517. The lowest BCUT2D eigenvalue weighted by Crippen LogP contribution is -2.18. The normalized spacial score (nSPS) is 11.8. The highest BCUT2D eigenvalue weighted by Crippen LogP contribution is 2.30. The smallest absolute Gasteiger partial charge is 0.125 e. The largest absolute Gasteiger partial charge is 0.372 e. The van der Waals surface area contributed by atoms with Crippen molar-refractivity contribution in [2.75, 3.05) is 7.11 Å². The lowest BCUT2D eigenvalue weighted by molar-refractivity contribution is 0.0191. The van der Waals surface area contributed by atoms with Crippen LogP contribution in [0.2, 0.25) is 0 Å². The Hall–Kier alpha value is -1.23. The molecule has 4 heteroatoms. The minimum atomic E-state index is -0.333. The van der Waals surface area contributed by atoms with Crippen molar-refractivity contribution in [3.63, 3.8) is 0 Å². The van der Waals surface area contributed by atoms with Crippen molar-refractivity contribution in [1.29, 1.82) is 0 Å². The van der Waals surface area contributed by atoms with Crippen LogP contribution < -0.4 is 5.73 Å². The molecule has 0 unspecified atom stereocenters. The van der Waals surface area contributed by atoms with Gasteiger partial charge in [-0.2, -0.15) is 0 Å². The molecular formula is C14H18N2OS. The molecular weight excluding hydrogens is 244 g/mol. The standard InChI is InChI=1S/C14H18N2OS/c1-14(2,17-3)13-16-12(9-18-13)11-6-4-10(8-15)5-7-11/h4-7,9H,8,15H2,1-3H3. The third kappa shape index (κ3) is 2.61. The molecule has 1 heterocycles. The van der Waals surface area contributed by atoms with Crippen LogP contribution in [-0.2, 0) is 16.9 Å². The summed E-state index contributed by atoms with van der Waals surface area (Å²) in [5.74, 6) is 0. The van der Waals surface area contributed by atoms with E-state index in [0.29, 0.717) is 6.54 Å². The van der Waals surface area contributed by atoms with Crippen molar-refractivity contribution >= 4 is 11.3 Å². The summed E-state index contributed by atoms with van der Waals surface area (Å²) in [5.41, 5.74) is 8.49. The number of hydrogen-bond donors (Lipinski definition) is 1. The van der Waals surface area contributed by atoms with Gasteiger partial charge in [0.05, 0.1) is 5.69 Å². The van der Waals surface area contributed by atoms with Crippen LogP contribution in [0.25, 0.3) is 11.3 Å². The first-order valence-corrected chi connectivity index (χ1v) is 6.75. The van der Waals surface area contributed by atoms with Crippen molar-refractivity contribution in [3.05, 3.63) is 40.2 Å². The van der Waals surface area contributed by atoms with E-state index in [2.05, 4.69) is 22.5 Å². The molecule has 0 bridgehead atoms. The van der Waals surface area contributed by atoms with E-state index in [4.69, 9.17) is 10.5 Å². The molecule has 0 fully saturated rings. The molecule has 0 aliphatic heterocycles. The van der Waals surface area contributed by atoms with E-state index in [1.807, 2.05) is 26.0 Å². The fourth-order valence-electron chi connectivity index (χ4n) is 1.58. The van der Waals surface area contributed by atoms with Gasteiger partial charge in [0.2, 0.25) is 0 Å². The van der Waals surface area contributed by atoms with Crippen molar-refractivity contribution in [2.45, 2.75) is 26.0 Å². The van der Waals surface area contributed by atoms with Gasteiger partial charge in [0.25, 0.3) is 0 Å². The maximum atomic E-state index is 5.59. The van der Waals surface area contributed by atoms with Gasteiger partial charge in [-0.15, -0.1) is 11.3 Å². The zero-order valence-corrected chi connectivity index (χ0v) is 11.8. The van der Waals surface area contributed by atoms with Crippen LogP contribution in [0.5, 0.6) is 0 Å². The Morgan fingerprint density at radius 3 is 2.50 bits per heavy atom. The second kappa shape index (κ2) is 5.18. The van der Waals surface area contributed by atoms with Crippen LogP contribution in [-0.4, -0.2) is 12.1 Å². The van der Waals surface area contributed by atoms with E-state index >= 15 is 0 Å². The monoisotopic (exact) mass is 262 g/mol. The summed E-state index contributed by atoms with van der Waals surface area (Å²) in [7, 11) is 1.71. The lowest BCUT2D eigenvalue weighted by Gasteiger charge is -2.19. The molecule has 0 aliphatic rings. The highest BCUT2D eigenvalue weighted by molar-refractivity contribution is 7.10. The van der Waals surface area contributed by atoms with Gasteiger partial charge >= 0.3 is 0 Å². The van der Waals surface area contributed by atoms with Crippen molar-refractivity contribution in [3.8, 4) is 11.3 Å². The van der Waals surface area contributed by atoms with Gasteiger partial charge in [0, 0.05) is 24.6 Å². The average molecular weight is 262 g/mol. The molecule has 0 spiro atoms. The summed E-state index contributed by atoms with van der Waals surface area (Å²) in [6.07, 6.45) is 0. The van der Waals surface area contributed by atoms with E-state index in [-0.39, 0.29) is 5.60 Å². The molecule has 0 saturated carbocycles. The molecule has 0 amide bonds. The summed E-state index contributed by atoms with van der Waals surface area (Å²) in [5, 5.41) is 3.05. The summed E-state index contributed by atoms with van der Waals surface area (Å²) in [6.45, 7) is 4.61. The van der Waals surface area contributed by atoms with Gasteiger partial charge in [0.1, 0.15) is 10.6 Å². The zero-order chi connectivity index (χ0) is 13.2.